The summed E-state index contributed by atoms with van der Waals surface area (Å²) in [6, 6.07) is 18.1. The second-order valence-electron chi connectivity index (χ2n) is 11.3. The summed E-state index contributed by atoms with van der Waals surface area (Å²) in [5, 5.41) is 0.0835. The highest BCUT2D eigenvalue weighted by Gasteiger charge is 2.42. The summed E-state index contributed by atoms with van der Waals surface area (Å²) in [5.41, 5.74) is 2.22. The van der Waals surface area contributed by atoms with Crippen LogP contribution in [0.25, 0.3) is 0 Å². The van der Waals surface area contributed by atoms with E-state index in [0.717, 1.165) is 16.9 Å². The summed E-state index contributed by atoms with van der Waals surface area (Å²) in [4.78, 5) is 0. The van der Waals surface area contributed by atoms with E-state index < -0.39 is 8.32 Å². The average Bonchev–Trinajstić information content (AvgIpc) is 2.87. The minimum atomic E-state index is -2.05. The molecule has 0 spiro atoms. The van der Waals surface area contributed by atoms with Gasteiger partial charge in [-0.3, -0.25) is 0 Å². The lowest BCUT2D eigenvalue weighted by molar-refractivity contribution is -0.138. The standard InChI is InChI=1S/C31H48O5Si/c1-10-24(2)30(35-23-34-21-26-14-12-11-13-15-26)25(3)29(36-37(8,9)31(4,5)6)22-33-20-27-16-18-28(32-7)19-17-27/h10-19,24-25,29-30H,1,20-23H2,2-9H3/t24-,25+,29-,30-/m1/s1. The fraction of sp³-hybridized carbons (Fsp3) is 0.548. The van der Waals surface area contributed by atoms with Crippen LogP contribution in [-0.2, 0) is 31.9 Å². The van der Waals surface area contributed by atoms with Crippen LogP contribution in [0.3, 0.4) is 0 Å². The van der Waals surface area contributed by atoms with Gasteiger partial charge in [0, 0.05) is 11.8 Å². The molecule has 2 aromatic rings. The van der Waals surface area contributed by atoms with E-state index in [1.807, 2.05) is 48.5 Å². The molecule has 37 heavy (non-hydrogen) atoms. The van der Waals surface area contributed by atoms with E-state index in [0.29, 0.717) is 19.8 Å². The zero-order valence-corrected chi connectivity index (χ0v) is 25.2. The second-order valence-corrected chi connectivity index (χ2v) is 16.1. The molecule has 0 aliphatic carbocycles. The molecule has 0 aliphatic rings. The summed E-state index contributed by atoms with van der Waals surface area (Å²) in [5.74, 6) is 1.03. The molecule has 0 heterocycles. The molecule has 2 rings (SSSR count). The van der Waals surface area contributed by atoms with Gasteiger partial charge in [-0.1, -0.05) is 83.2 Å². The summed E-state index contributed by atoms with van der Waals surface area (Å²) in [6.07, 6.45) is 1.70. The van der Waals surface area contributed by atoms with Gasteiger partial charge in [-0.05, 0) is 41.4 Å². The number of ether oxygens (including phenoxy) is 4. The minimum Gasteiger partial charge on any atom is -0.497 e. The number of rotatable bonds is 16. The van der Waals surface area contributed by atoms with Crippen molar-refractivity contribution in [1.29, 1.82) is 0 Å². The molecule has 0 fully saturated rings. The Morgan fingerprint density at radius 2 is 1.49 bits per heavy atom. The van der Waals surface area contributed by atoms with Crippen molar-refractivity contribution in [2.45, 2.75) is 78.2 Å². The molecule has 0 aromatic heterocycles. The first-order chi connectivity index (χ1) is 17.5. The van der Waals surface area contributed by atoms with Crippen LogP contribution in [-0.4, -0.2) is 41.0 Å². The van der Waals surface area contributed by atoms with Crippen molar-refractivity contribution in [3.63, 3.8) is 0 Å². The fourth-order valence-corrected chi connectivity index (χ4v) is 5.24. The third kappa shape index (κ3) is 10.0. The maximum Gasteiger partial charge on any atom is 0.192 e. The Hall–Kier alpha value is -1.96. The quantitative estimate of drug-likeness (QED) is 0.0970. The van der Waals surface area contributed by atoms with E-state index in [2.05, 4.69) is 66.4 Å². The highest BCUT2D eigenvalue weighted by Crippen LogP contribution is 2.39. The van der Waals surface area contributed by atoms with Crippen LogP contribution >= 0.6 is 0 Å². The third-order valence-corrected chi connectivity index (χ3v) is 11.9. The number of methoxy groups -OCH3 is 1. The molecular formula is C31H48O5Si. The topological polar surface area (TPSA) is 46.2 Å². The van der Waals surface area contributed by atoms with E-state index in [-0.39, 0.29) is 35.9 Å². The van der Waals surface area contributed by atoms with E-state index in [1.54, 1.807) is 7.11 Å². The molecule has 0 saturated heterocycles. The minimum absolute atomic E-state index is 0.0679. The van der Waals surface area contributed by atoms with Gasteiger partial charge in [0.1, 0.15) is 12.5 Å². The Labute approximate surface area is 226 Å². The van der Waals surface area contributed by atoms with Gasteiger partial charge in [-0.25, -0.2) is 0 Å². The lowest BCUT2D eigenvalue weighted by atomic mass is 9.89. The molecule has 0 amide bonds. The Bertz CT molecular complexity index is 907. The Morgan fingerprint density at radius 3 is 2.05 bits per heavy atom. The summed E-state index contributed by atoms with van der Waals surface area (Å²) >= 11 is 0. The summed E-state index contributed by atoms with van der Waals surface area (Å²) in [6.45, 7) is 21.4. The molecule has 0 radical (unpaired) electrons. The van der Waals surface area contributed by atoms with E-state index in [9.17, 15) is 0 Å². The number of benzene rings is 2. The van der Waals surface area contributed by atoms with Crippen LogP contribution in [0, 0.1) is 11.8 Å². The molecule has 0 aliphatic heterocycles. The Morgan fingerprint density at radius 1 is 0.892 bits per heavy atom. The molecule has 0 unspecified atom stereocenters. The molecule has 4 atom stereocenters. The smallest absolute Gasteiger partial charge is 0.192 e. The first-order valence-electron chi connectivity index (χ1n) is 13.2. The Kier molecular flexibility index (Phi) is 12.5. The van der Waals surface area contributed by atoms with Crippen LogP contribution in [0.4, 0.5) is 0 Å². The van der Waals surface area contributed by atoms with Crippen molar-refractivity contribution < 1.29 is 23.4 Å². The Balaban J connectivity index is 2.10. The fourth-order valence-electron chi connectivity index (χ4n) is 3.85. The maximum atomic E-state index is 6.93. The molecule has 5 nitrogen and oxygen atoms in total. The molecule has 0 N–H and O–H groups in total. The molecule has 2 aromatic carbocycles. The van der Waals surface area contributed by atoms with Crippen molar-refractivity contribution in [1.82, 2.24) is 0 Å². The first kappa shape index (κ1) is 31.3. The highest BCUT2D eigenvalue weighted by molar-refractivity contribution is 6.74. The lowest BCUT2D eigenvalue weighted by Gasteiger charge is -2.42. The van der Waals surface area contributed by atoms with Gasteiger partial charge in [0.2, 0.25) is 0 Å². The van der Waals surface area contributed by atoms with Gasteiger partial charge in [0.15, 0.2) is 8.32 Å². The van der Waals surface area contributed by atoms with Gasteiger partial charge >= 0.3 is 0 Å². The van der Waals surface area contributed by atoms with Crippen LogP contribution in [0.15, 0.2) is 67.3 Å². The predicted octanol–water partition coefficient (Wildman–Crippen LogP) is 7.62. The van der Waals surface area contributed by atoms with E-state index in [4.69, 9.17) is 23.4 Å². The summed E-state index contributed by atoms with van der Waals surface area (Å²) in [7, 11) is -0.383. The predicted molar refractivity (Wildman–Crippen MR) is 154 cm³/mol. The van der Waals surface area contributed by atoms with Gasteiger partial charge in [0.05, 0.1) is 39.1 Å². The van der Waals surface area contributed by atoms with Crippen LogP contribution < -0.4 is 4.74 Å². The van der Waals surface area contributed by atoms with Crippen molar-refractivity contribution >= 4 is 8.32 Å². The molecule has 6 heteroatoms. The molecule has 0 bridgehead atoms. The van der Waals surface area contributed by atoms with Crippen LogP contribution in [0.5, 0.6) is 5.75 Å². The van der Waals surface area contributed by atoms with Gasteiger partial charge in [0.25, 0.3) is 0 Å². The van der Waals surface area contributed by atoms with Gasteiger partial charge < -0.3 is 23.4 Å². The monoisotopic (exact) mass is 528 g/mol. The van der Waals surface area contributed by atoms with Crippen molar-refractivity contribution in [3.8, 4) is 5.75 Å². The third-order valence-electron chi connectivity index (χ3n) is 7.41. The normalized spacial score (nSPS) is 15.6. The molecule has 0 saturated carbocycles. The first-order valence-corrected chi connectivity index (χ1v) is 16.1. The lowest BCUT2D eigenvalue weighted by Crippen LogP contribution is -2.49. The van der Waals surface area contributed by atoms with Gasteiger partial charge in [-0.2, -0.15) is 0 Å². The highest BCUT2D eigenvalue weighted by atomic mass is 28.4. The van der Waals surface area contributed by atoms with E-state index in [1.165, 1.54) is 0 Å². The van der Waals surface area contributed by atoms with Crippen molar-refractivity contribution in [2.75, 3.05) is 20.5 Å². The van der Waals surface area contributed by atoms with Crippen LogP contribution in [0.1, 0.15) is 45.7 Å². The zero-order chi connectivity index (χ0) is 27.5. The van der Waals surface area contributed by atoms with Crippen LogP contribution in [0.2, 0.25) is 18.1 Å². The van der Waals surface area contributed by atoms with E-state index >= 15 is 0 Å². The largest absolute Gasteiger partial charge is 0.497 e. The van der Waals surface area contributed by atoms with Gasteiger partial charge in [-0.15, -0.1) is 6.58 Å². The molecule has 206 valence electrons. The SMILES string of the molecule is C=C[C@@H](C)[C@@H](OCOCc1ccccc1)[C@@H](C)[C@@H](COCc1ccc(OC)cc1)O[Si](C)(C)C(C)(C)C. The summed E-state index contributed by atoms with van der Waals surface area (Å²) < 4.78 is 30.6. The number of hydrogen-bond donors (Lipinski definition) is 0. The molecular weight excluding hydrogens is 480 g/mol. The zero-order valence-electron chi connectivity index (χ0n) is 24.2. The average molecular weight is 529 g/mol. The number of hydrogen-bond acceptors (Lipinski definition) is 5. The van der Waals surface area contributed by atoms with Crippen molar-refractivity contribution in [2.24, 2.45) is 11.8 Å². The maximum absolute atomic E-state index is 6.93. The second kappa shape index (κ2) is 14.8. The van der Waals surface area contributed by atoms with Crippen molar-refractivity contribution in [3.05, 3.63) is 78.4 Å².